The third kappa shape index (κ3) is 4.85. The maximum absolute atomic E-state index is 14.9. The summed E-state index contributed by atoms with van der Waals surface area (Å²) in [6.07, 6.45) is 8.38. The molecule has 9 heteroatoms. The number of aliphatic hydroxyl groups excluding tert-OH is 1. The minimum Gasteiger partial charge on any atom is -0.497 e. The maximum atomic E-state index is 14.9. The molecule has 4 aliphatic heterocycles. The molecule has 3 amide bonds. The third-order valence-electron chi connectivity index (χ3n) is 9.47. The molecule has 4 aliphatic rings. The van der Waals surface area contributed by atoms with Crippen LogP contribution in [0.1, 0.15) is 5.56 Å². The van der Waals surface area contributed by atoms with Gasteiger partial charge in [0.25, 0.3) is 5.91 Å². The molecule has 1 N–H and O–H groups in total. The molecule has 7 rings (SSSR count). The summed E-state index contributed by atoms with van der Waals surface area (Å²) in [5.41, 5.74) is 2.41. The summed E-state index contributed by atoms with van der Waals surface area (Å²) in [4.78, 5) is 49.2. The van der Waals surface area contributed by atoms with Crippen LogP contribution < -0.4 is 14.5 Å². The second-order valence-electron chi connectivity index (χ2n) is 11.9. The van der Waals surface area contributed by atoms with E-state index in [0.29, 0.717) is 30.9 Å². The number of fused-ring (bicyclic) bond motifs is 2. The predicted molar refractivity (Wildman–Crippen MR) is 175 cm³/mol. The van der Waals surface area contributed by atoms with E-state index in [4.69, 9.17) is 4.74 Å². The van der Waals surface area contributed by atoms with Crippen LogP contribution in [0, 0.1) is 11.8 Å². The van der Waals surface area contributed by atoms with Gasteiger partial charge in [-0.2, -0.15) is 0 Å². The van der Waals surface area contributed by atoms with Crippen LogP contribution in [-0.2, 0) is 20.8 Å². The number of benzene rings is 3. The number of likely N-dealkylation sites (tertiary alicyclic amines) is 1. The van der Waals surface area contributed by atoms with E-state index in [0.717, 1.165) is 11.3 Å². The largest absolute Gasteiger partial charge is 0.497 e. The molecule has 2 fully saturated rings. The Labute approximate surface area is 267 Å². The predicted octanol–water partition coefficient (Wildman–Crippen LogP) is 4.10. The number of thioether (sulfide) groups is 1. The van der Waals surface area contributed by atoms with E-state index in [2.05, 4.69) is 0 Å². The molecule has 1 spiro atoms. The summed E-state index contributed by atoms with van der Waals surface area (Å²) in [6.45, 7) is 0.406. The number of aliphatic hydroxyl groups is 1. The van der Waals surface area contributed by atoms with Crippen molar-refractivity contribution in [2.75, 3.05) is 36.6 Å². The highest BCUT2D eigenvalue weighted by molar-refractivity contribution is 8.02. The molecule has 0 radical (unpaired) electrons. The van der Waals surface area contributed by atoms with Crippen molar-refractivity contribution in [2.45, 2.75) is 28.5 Å². The number of nitrogens with zero attached hydrogens (tertiary/aromatic N) is 3. The van der Waals surface area contributed by atoms with Crippen molar-refractivity contribution in [3.63, 3.8) is 0 Å². The molecule has 0 saturated carbocycles. The zero-order valence-corrected chi connectivity index (χ0v) is 25.8. The van der Waals surface area contributed by atoms with Crippen LogP contribution in [0.3, 0.4) is 0 Å². The van der Waals surface area contributed by atoms with E-state index in [1.54, 1.807) is 33.6 Å². The molecule has 4 heterocycles. The van der Waals surface area contributed by atoms with Gasteiger partial charge in [-0.15, -0.1) is 11.8 Å². The van der Waals surface area contributed by atoms with Crippen LogP contribution in [-0.4, -0.2) is 76.6 Å². The number of para-hydroxylation sites is 1. The SMILES string of the molecule is COc1ccc(N2CC=C[C@]34S[C@@H]5C=CCN(c6ccccc6)C(=O)[C@@H]5[C@H]3C(=O)N([C@@H](CO)Cc3ccccc3)C4C2=O)cc1. The minimum absolute atomic E-state index is 0.125. The summed E-state index contributed by atoms with van der Waals surface area (Å²) in [6, 6.07) is 24.9. The second-order valence-corrected chi connectivity index (χ2v) is 13.4. The Morgan fingerprint density at radius 1 is 0.844 bits per heavy atom. The molecule has 1 unspecified atom stereocenters. The highest BCUT2D eigenvalue weighted by Gasteiger charge is 2.71. The first-order valence-corrected chi connectivity index (χ1v) is 16.2. The van der Waals surface area contributed by atoms with Gasteiger partial charge in [-0.25, -0.2) is 0 Å². The van der Waals surface area contributed by atoms with Gasteiger partial charge in [0.2, 0.25) is 11.8 Å². The molecular weight excluding hydrogens is 586 g/mol. The van der Waals surface area contributed by atoms with Crippen molar-refractivity contribution in [2.24, 2.45) is 11.8 Å². The van der Waals surface area contributed by atoms with Gasteiger partial charge >= 0.3 is 0 Å². The summed E-state index contributed by atoms with van der Waals surface area (Å²) in [7, 11) is 1.59. The van der Waals surface area contributed by atoms with Crippen LogP contribution in [0.15, 0.2) is 109 Å². The molecule has 0 aliphatic carbocycles. The molecule has 2 saturated heterocycles. The number of ether oxygens (including phenoxy) is 1. The zero-order chi connectivity index (χ0) is 31.1. The molecule has 3 aromatic carbocycles. The first-order chi connectivity index (χ1) is 22.0. The van der Waals surface area contributed by atoms with Gasteiger partial charge in [0.05, 0.1) is 36.3 Å². The fourth-order valence-electron chi connectivity index (χ4n) is 7.44. The molecule has 0 aromatic heterocycles. The van der Waals surface area contributed by atoms with E-state index < -0.39 is 28.7 Å². The van der Waals surface area contributed by atoms with Crippen molar-refractivity contribution in [1.82, 2.24) is 4.90 Å². The van der Waals surface area contributed by atoms with E-state index in [-0.39, 0.29) is 29.6 Å². The normalized spacial score (nSPS) is 28.0. The third-order valence-corrected chi connectivity index (χ3v) is 11.2. The van der Waals surface area contributed by atoms with Crippen LogP contribution in [0.25, 0.3) is 0 Å². The lowest BCUT2D eigenvalue weighted by molar-refractivity contribution is -0.141. The Balaban J connectivity index is 1.33. The fraction of sp³-hybridized carbons (Fsp3) is 0.306. The minimum atomic E-state index is -0.992. The van der Waals surface area contributed by atoms with Crippen LogP contribution >= 0.6 is 11.8 Å². The molecule has 0 bridgehead atoms. The topological polar surface area (TPSA) is 90.4 Å². The summed E-state index contributed by atoms with van der Waals surface area (Å²) in [5.74, 6) is -1.39. The maximum Gasteiger partial charge on any atom is 0.251 e. The van der Waals surface area contributed by atoms with Crippen molar-refractivity contribution in [3.05, 3.63) is 115 Å². The molecule has 230 valence electrons. The monoisotopic (exact) mass is 621 g/mol. The van der Waals surface area contributed by atoms with Gasteiger partial charge in [0.15, 0.2) is 0 Å². The Hall–Kier alpha value is -4.34. The van der Waals surface area contributed by atoms with E-state index in [1.807, 2.05) is 109 Å². The number of anilines is 2. The lowest BCUT2D eigenvalue weighted by atomic mass is 9.78. The molecule has 45 heavy (non-hydrogen) atoms. The number of amides is 3. The number of hydrogen-bond acceptors (Lipinski definition) is 6. The Morgan fingerprint density at radius 3 is 2.18 bits per heavy atom. The van der Waals surface area contributed by atoms with Gasteiger partial charge in [-0.3, -0.25) is 14.4 Å². The Morgan fingerprint density at radius 2 is 1.49 bits per heavy atom. The first kappa shape index (κ1) is 29.4. The van der Waals surface area contributed by atoms with Gasteiger partial charge in [-0.05, 0) is 48.4 Å². The fourth-order valence-corrected chi connectivity index (χ4v) is 9.43. The van der Waals surface area contributed by atoms with Gasteiger partial charge in [0, 0.05) is 29.7 Å². The second kappa shape index (κ2) is 11.9. The lowest BCUT2D eigenvalue weighted by Crippen LogP contribution is -2.57. The number of methoxy groups -OCH3 is 1. The quantitative estimate of drug-likeness (QED) is 0.400. The van der Waals surface area contributed by atoms with Gasteiger partial charge in [-0.1, -0.05) is 72.8 Å². The molecule has 8 nitrogen and oxygen atoms in total. The summed E-state index contributed by atoms with van der Waals surface area (Å²) in [5, 5.41) is 10.5. The Kier molecular flexibility index (Phi) is 7.75. The van der Waals surface area contributed by atoms with Crippen molar-refractivity contribution in [3.8, 4) is 5.75 Å². The van der Waals surface area contributed by atoms with Crippen LogP contribution in [0.2, 0.25) is 0 Å². The molecule has 6 atom stereocenters. The van der Waals surface area contributed by atoms with E-state index in [9.17, 15) is 19.5 Å². The number of carbonyl (C=O) groups is 3. The van der Waals surface area contributed by atoms with Crippen LogP contribution in [0.4, 0.5) is 11.4 Å². The average Bonchev–Trinajstić information content (AvgIpc) is 3.39. The zero-order valence-electron chi connectivity index (χ0n) is 24.9. The lowest BCUT2D eigenvalue weighted by Gasteiger charge is -2.38. The van der Waals surface area contributed by atoms with Gasteiger partial charge in [0.1, 0.15) is 11.8 Å². The number of hydrogen-bond donors (Lipinski definition) is 1. The molecular formula is C36H35N3O5S. The smallest absolute Gasteiger partial charge is 0.251 e. The summed E-state index contributed by atoms with van der Waals surface area (Å²) < 4.78 is 4.35. The van der Waals surface area contributed by atoms with Crippen molar-refractivity contribution >= 4 is 40.9 Å². The van der Waals surface area contributed by atoms with Crippen LogP contribution in [0.5, 0.6) is 5.75 Å². The van der Waals surface area contributed by atoms with Gasteiger partial charge < -0.3 is 24.5 Å². The van der Waals surface area contributed by atoms with Crippen molar-refractivity contribution < 1.29 is 24.2 Å². The Bertz CT molecular complexity index is 1650. The van der Waals surface area contributed by atoms with E-state index >= 15 is 0 Å². The number of carbonyl (C=O) groups excluding carboxylic acids is 3. The standard InChI is InChI=1S/C36H35N3O5S/c1-44-28-17-15-26(16-18-28)38-21-9-19-36-31(30-29(45-36)14-8-20-37(33(30)41)25-12-6-3-7-13-25)34(42)39(32(36)35(38)43)27(23-40)22-24-10-4-2-5-11-24/h2-19,27,29-32,40H,20-23H2,1H3/t27-,29-,30+,31+,32?,36+/m1/s1. The summed E-state index contributed by atoms with van der Waals surface area (Å²) >= 11 is 1.54. The van der Waals surface area contributed by atoms with E-state index in [1.165, 1.54) is 0 Å². The number of rotatable bonds is 7. The van der Waals surface area contributed by atoms with Crippen molar-refractivity contribution in [1.29, 1.82) is 0 Å². The molecule has 3 aromatic rings. The first-order valence-electron chi connectivity index (χ1n) is 15.3. The highest BCUT2D eigenvalue weighted by Crippen LogP contribution is 2.61. The highest BCUT2D eigenvalue weighted by atomic mass is 32.2. The average molecular weight is 622 g/mol.